The Bertz CT molecular complexity index is 456. The highest BCUT2D eigenvalue weighted by Crippen LogP contribution is 2.13. The minimum atomic E-state index is 0.406. The summed E-state index contributed by atoms with van der Waals surface area (Å²) in [6, 6.07) is 4.42. The number of nitrogens with two attached hydrogens (primary N) is 1. The summed E-state index contributed by atoms with van der Waals surface area (Å²) in [5, 5.41) is 2.02. The first-order valence-electron chi connectivity index (χ1n) is 4.97. The van der Waals surface area contributed by atoms with E-state index < -0.39 is 0 Å². The van der Waals surface area contributed by atoms with Crippen molar-refractivity contribution in [3.8, 4) is 6.01 Å². The lowest BCUT2D eigenvalue weighted by molar-refractivity contribution is 0.283. The molecular formula is C11H13N3OS. The normalized spacial score (nSPS) is 10.4. The second-order valence-corrected chi connectivity index (χ2v) is 4.37. The second kappa shape index (κ2) is 5.05. The Labute approximate surface area is 98.1 Å². The number of aromatic nitrogens is 2. The minimum Gasteiger partial charge on any atom is -0.458 e. The maximum Gasteiger partial charge on any atom is 0.316 e. The number of thiophene rings is 1. The average Bonchev–Trinajstić information content (AvgIpc) is 2.79. The summed E-state index contributed by atoms with van der Waals surface area (Å²) >= 11 is 1.65. The molecule has 2 N–H and O–H groups in total. The molecule has 0 fully saturated rings. The Balaban J connectivity index is 2.02. The third-order valence-corrected chi connectivity index (χ3v) is 3.05. The quantitative estimate of drug-likeness (QED) is 0.879. The van der Waals surface area contributed by atoms with Crippen LogP contribution in [0.3, 0.4) is 0 Å². The van der Waals surface area contributed by atoms with Gasteiger partial charge in [0.1, 0.15) is 6.61 Å². The van der Waals surface area contributed by atoms with Crippen LogP contribution in [-0.4, -0.2) is 9.97 Å². The molecule has 4 nitrogen and oxygen atoms in total. The maximum absolute atomic E-state index is 5.53. The Morgan fingerprint density at radius 3 is 3.00 bits per heavy atom. The van der Waals surface area contributed by atoms with E-state index in [1.165, 1.54) is 0 Å². The highest BCUT2D eigenvalue weighted by molar-refractivity contribution is 7.09. The van der Waals surface area contributed by atoms with Gasteiger partial charge in [0.05, 0.1) is 0 Å². The highest BCUT2D eigenvalue weighted by Gasteiger charge is 2.03. The summed E-state index contributed by atoms with van der Waals surface area (Å²) in [5.74, 6) is 0. The van der Waals surface area contributed by atoms with Gasteiger partial charge in [-0.1, -0.05) is 6.07 Å². The lowest BCUT2D eigenvalue weighted by Gasteiger charge is -2.05. The number of nitrogens with zero attached hydrogens (tertiary/aromatic N) is 2. The molecule has 5 heteroatoms. The zero-order valence-corrected chi connectivity index (χ0v) is 9.83. The van der Waals surface area contributed by atoms with Gasteiger partial charge in [-0.05, 0) is 18.4 Å². The van der Waals surface area contributed by atoms with Crippen LogP contribution in [-0.2, 0) is 13.2 Å². The number of hydrogen-bond acceptors (Lipinski definition) is 5. The lowest BCUT2D eigenvalue weighted by atomic mass is 10.2. The molecule has 0 unspecified atom stereocenters. The molecule has 0 radical (unpaired) electrons. The van der Waals surface area contributed by atoms with Crippen LogP contribution in [0.2, 0.25) is 0 Å². The van der Waals surface area contributed by atoms with Crippen molar-refractivity contribution in [1.82, 2.24) is 9.97 Å². The fourth-order valence-corrected chi connectivity index (χ4v) is 1.89. The van der Waals surface area contributed by atoms with E-state index in [0.29, 0.717) is 19.2 Å². The molecule has 0 aliphatic rings. The zero-order chi connectivity index (χ0) is 11.4. The van der Waals surface area contributed by atoms with Crippen LogP contribution in [0.25, 0.3) is 0 Å². The SMILES string of the molecule is Cc1nc(OCc2cccs2)ncc1CN. The summed E-state index contributed by atoms with van der Waals surface area (Å²) in [6.45, 7) is 2.87. The van der Waals surface area contributed by atoms with Crippen LogP contribution in [0.5, 0.6) is 6.01 Å². The molecule has 0 aliphatic heterocycles. The molecule has 0 bridgehead atoms. The molecular weight excluding hydrogens is 222 g/mol. The Morgan fingerprint density at radius 1 is 1.50 bits per heavy atom. The molecule has 2 heterocycles. The van der Waals surface area contributed by atoms with E-state index in [1.807, 2.05) is 24.4 Å². The van der Waals surface area contributed by atoms with E-state index in [4.69, 9.17) is 10.5 Å². The van der Waals surface area contributed by atoms with Gasteiger partial charge < -0.3 is 10.5 Å². The standard InChI is InChI=1S/C11H13N3OS/c1-8-9(5-12)6-13-11(14-8)15-7-10-3-2-4-16-10/h2-4,6H,5,7,12H2,1H3. The van der Waals surface area contributed by atoms with E-state index >= 15 is 0 Å². The summed E-state index contributed by atoms with van der Waals surface area (Å²) in [4.78, 5) is 9.49. The van der Waals surface area contributed by atoms with Gasteiger partial charge in [0.2, 0.25) is 0 Å². The van der Waals surface area contributed by atoms with Crippen molar-refractivity contribution >= 4 is 11.3 Å². The first-order valence-corrected chi connectivity index (χ1v) is 5.85. The van der Waals surface area contributed by atoms with Gasteiger partial charge in [-0.15, -0.1) is 11.3 Å². The average molecular weight is 235 g/mol. The molecule has 0 aromatic carbocycles. The predicted octanol–water partition coefficient (Wildman–Crippen LogP) is 1.88. The fraction of sp³-hybridized carbons (Fsp3) is 0.273. The van der Waals surface area contributed by atoms with E-state index in [9.17, 15) is 0 Å². The van der Waals surface area contributed by atoms with Crippen LogP contribution in [0.4, 0.5) is 0 Å². The van der Waals surface area contributed by atoms with E-state index in [-0.39, 0.29) is 0 Å². The molecule has 0 aliphatic carbocycles. The number of ether oxygens (including phenoxy) is 1. The van der Waals surface area contributed by atoms with Gasteiger partial charge in [-0.3, -0.25) is 0 Å². The monoisotopic (exact) mass is 235 g/mol. The lowest BCUT2D eigenvalue weighted by Crippen LogP contribution is -2.05. The van der Waals surface area contributed by atoms with Gasteiger partial charge >= 0.3 is 6.01 Å². The minimum absolute atomic E-state index is 0.406. The van der Waals surface area contributed by atoms with Crippen molar-refractivity contribution < 1.29 is 4.74 Å². The number of hydrogen-bond donors (Lipinski definition) is 1. The van der Waals surface area contributed by atoms with Crippen molar-refractivity contribution in [2.24, 2.45) is 5.73 Å². The highest BCUT2D eigenvalue weighted by atomic mass is 32.1. The second-order valence-electron chi connectivity index (χ2n) is 3.34. The molecule has 16 heavy (non-hydrogen) atoms. The van der Waals surface area contributed by atoms with Gasteiger partial charge in [0.25, 0.3) is 0 Å². The number of rotatable bonds is 4. The van der Waals surface area contributed by atoms with E-state index in [2.05, 4.69) is 9.97 Å². The van der Waals surface area contributed by atoms with Crippen LogP contribution in [0, 0.1) is 6.92 Å². The third-order valence-electron chi connectivity index (χ3n) is 2.20. The Kier molecular flexibility index (Phi) is 3.48. The molecule has 0 saturated heterocycles. The van der Waals surface area contributed by atoms with Gasteiger partial charge in [-0.25, -0.2) is 9.97 Å². The molecule has 2 aromatic heterocycles. The predicted molar refractivity (Wildman–Crippen MR) is 63.3 cm³/mol. The first-order chi connectivity index (χ1) is 7.79. The fourth-order valence-electron chi connectivity index (χ4n) is 1.27. The van der Waals surface area contributed by atoms with Crippen molar-refractivity contribution in [3.05, 3.63) is 39.8 Å². The van der Waals surface area contributed by atoms with Crippen molar-refractivity contribution in [2.45, 2.75) is 20.1 Å². The van der Waals surface area contributed by atoms with Crippen LogP contribution in [0.1, 0.15) is 16.1 Å². The van der Waals surface area contributed by atoms with Crippen LogP contribution in [0.15, 0.2) is 23.7 Å². The van der Waals surface area contributed by atoms with Crippen LogP contribution < -0.4 is 10.5 Å². The van der Waals surface area contributed by atoms with Crippen LogP contribution >= 0.6 is 11.3 Å². The van der Waals surface area contributed by atoms with Crippen molar-refractivity contribution in [1.29, 1.82) is 0 Å². The topological polar surface area (TPSA) is 61.0 Å². The van der Waals surface area contributed by atoms with Crippen molar-refractivity contribution in [3.63, 3.8) is 0 Å². The van der Waals surface area contributed by atoms with Crippen molar-refractivity contribution in [2.75, 3.05) is 0 Å². The third kappa shape index (κ3) is 2.56. The first kappa shape index (κ1) is 11.0. The smallest absolute Gasteiger partial charge is 0.316 e. The summed E-state index contributed by atoms with van der Waals surface area (Å²) < 4.78 is 5.48. The molecule has 2 aromatic rings. The largest absolute Gasteiger partial charge is 0.458 e. The molecule has 0 amide bonds. The Hall–Kier alpha value is -1.46. The molecule has 84 valence electrons. The van der Waals surface area contributed by atoms with E-state index in [1.54, 1.807) is 17.5 Å². The van der Waals surface area contributed by atoms with Gasteiger partial charge in [0, 0.05) is 28.9 Å². The molecule has 2 rings (SSSR count). The molecule has 0 spiro atoms. The molecule has 0 atom stereocenters. The molecule has 0 saturated carbocycles. The van der Waals surface area contributed by atoms with Gasteiger partial charge in [-0.2, -0.15) is 0 Å². The number of aryl methyl sites for hydroxylation is 1. The van der Waals surface area contributed by atoms with E-state index in [0.717, 1.165) is 16.1 Å². The maximum atomic E-state index is 5.53. The summed E-state index contributed by atoms with van der Waals surface area (Å²) in [6.07, 6.45) is 1.71. The van der Waals surface area contributed by atoms with Gasteiger partial charge in [0.15, 0.2) is 0 Å². The summed E-state index contributed by atoms with van der Waals surface area (Å²) in [5.41, 5.74) is 7.35. The Morgan fingerprint density at radius 2 is 2.38 bits per heavy atom. The zero-order valence-electron chi connectivity index (χ0n) is 9.01. The summed E-state index contributed by atoms with van der Waals surface area (Å²) in [7, 11) is 0.